The first kappa shape index (κ1) is 23.8. The van der Waals surface area contributed by atoms with Gasteiger partial charge in [0.2, 0.25) is 5.91 Å². The molecule has 34 heavy (non-hydrogen) atoms. The normalized spacial score (nSPS) is 16.1. The number of alkyl carbamates (subject to hydrolysis) is 1. The molecule has 2 atom stereocenters. The highest BCUT2D eigenvalue weighted by molar-refractivity contribution is 5.86. The molecule has 1 fully saturated rings. The van der Waals surface area contributed by atoms with E-state index < -0.39 is 24.1 Å². The molecule has 180 valence electrons. The van der Waals surface area contributed by atoms with Crippen LogP contribution in [0.4, 0.5) is 4.79 Å². The van der Waals surface area contributed by atoms with Gasteiger partial charge in [-0.2, -0.15) is 0 Å². The van der Waals surface area contributed by atoms with Crippen LogP contribution in [0.3, 0.4) is 0 Å². The zero-order chi connectivity index (χ0) is 24.1. The smallest absolute Gasteiger partial charge is 0.407 e. The highest BCUT2D eigenvalue weighted by Gasteiger charge is 2.33. The molecule has 0 saturated heterocycles. The first-order chi connectivity index (χ1) is 16.5. The third-order valence-electron chi connectivity index (χ3n) is 6.62. The molecule has 0 aromatic heterocycles. The van der Waals surface area contributed by atoms with Crippen molar-refractivity contribution in [3.63, 3.8) is 0 Å². The standard InChI is InChI=1S/C27H32N2O5/c1-2-7-18(15-25(30)31)28-26(32)24(14-17-12-13-17)29-27(33)34-16-23-21-10-5-3-8-19(21)20-9-4-6-11-22(20)23/h3-6,8-11,17-18,23-24H,2,7,12-16H2,1H3,(H,28,32)(H,29,33)(H,30,31)/t18-,24?/m1/s1. The summed E-state index contributed by atoms with van der Waals surface area (Å²) in [6.45, 7) is 2.12. The number of benzene rings is 2. The molecular weight excluding hydrogens is 432 g/mol. The Kier molecular flexibility index (Phi) is 7.50. The molecule has 2 aromatic carbocycles. The lowest BCUT2D eigenvalue weighted by Crippen LogP contribution is -2.50. The maximum Gasteiger partial charge on any atom is 0.407 e. The predicted octanol–water partition coefficient (Wildman–Crippen LogP) is 4.45. The minimum Gasteiger partial charge on any atom is -0.481 e. The Morgan fingerprint density at radius 2 is 1.62 bits per heavy atom. The van der Waals surface area contributed by atoms with Crippen molar-refractivity contribution >= 4 is 18.0 Å². The van der Waals surface area contributed by atoms with Gasteiger partial charge in [-0.05, 0) is 41.0 Å². The average molecular weight is 465 g/mol. The third-order valence-corrected chi connectivity index (χ3v) is 6.62. The Balaban J connectivity index is 1.39. The first-order valence-corrected chi connectivity index (χ1v) is 12.1. The molecule has 3 N–H and O–H groups in total. The lowest BCUT2D eigenvalue weighted by Gasteiger charge is -2.23. The first-order valence-electron chi connectivity index (χ1n) is 12.1. The second kappa shape index (κ2) is 10.7. The van der Waals surface area contributed by atoms with Crippen LogP contribution in [-0.2, 0) is 14.3 Å². The van der Waals surface area contributed by atoms with Gasteiger partial charge in [0, 0.05) is 12.0 Å². The summed E-state index contributed by atoms with van der Waals surface area (Å²) >= 11 is 0. The van der Waals surface area contributed by atoms with E-state index in [-0.39, 0.29) is 24.9 Å². The van der Waals surface area contributed by atoms with Gasteiger partial charge in [-0.15, -0.1) is 0 Å². The fourth-order valence-electron chi connectivity index (χ4n) is 4.79. The van der Waals surface area contributed by atoms with Gasteiger partial charge in [0.15, 0.2) is 0 Å². The summed E-state index contributed by atoms with van der Waals surface area (Å²) in [5.41, 5.74) is 4.55. The summed E-state index contributed by atoms with van der Waals surface area (Å²) in [5, 5.41) is 14.7. The van der Waals surface area contributed by atoms with Gasteiger partial charge in [0.1, 0.15) is 12.6 Å². The molecule has 1 saturated carbocycles. The number of aliphatic carboxylic acids is 1. The van der Waals surface area contributed by atoms with Crippen LogP contribution in [0.15, 0.2) is 48.5 Å². The number of fused-ring (bicyclic) bond motifs is 3. The minimum absolute atomic E-state index is 0.0571. The van der Waals surface area contributed by atoms with Gasteiger partial charge in [0.25, 0.3) is 0 Å². The quantitative estimate of drug-likeness (QED) is 0.456. The molecular formula is C27H32N2O5. The predicted molar refractivity (Wildman–Crippen MR) is 128 cm³/mol. The second-order valence-electron chi connectivity index (χ2n) is 9.29. The van der Waals surface area contributed by atoms with Gasteiger partial charge in [0.05, 0.1) is 6.42 Å². The van der Waals surface area contributed by atoms with Crippen molar-refractivity contribution in [3.8, 4) is 11.1 Å². The number of carbonyl (C=O) groups is 3. The molecule has 7 nitrogen and oxygen atoms in total. The summed E-state index contributed by atoms with van der Waals surface area (Å²) < 4.78 is 5.62. The molecule has 0 radical (unpaired) electrons. The topological polar surface area (TPSA) is 105 Å². The van der Waals surface area contributed by atoms with Gasteiger partial charge < -0.3 is 20.5 Å². The minimum atomic E-state index is -0.956. The molecule has 2 amide bonds. The lowest BCUT2D eigenvalue weighted by molar-refractivity contribution is -0.137. The number of ether oxygens (including phenoxy) is 1. The van der Waals surface area contributed by atoms with Crippen LogP contribution in [0.25, 0.3) is 11.1 Å². The largest absolute Gasteiger partial charge is 0.481 e. The zero-order valence-corrected chi connectivity index (χ0v) is 19.5. The van der Waals surface area contributed by atoms with E-state index in [0.29, 0.717) is 18.8 Å². The van der Waals surface area contributed by atoms with Crippen molar-refractivity contribution in [1.82, 2.24) is 10.6 Å². The van der Waals surface area contributed by atoms with Crippen LogP contribution < -0.4 is 10.6 Å². The van der Waals surface area contributed by atoms with E-state index in [1.54, 1.807) is 0 Å². The fraction of sp³-hybridized carbons (Fsp3) is 0.444. The van der Waals surface area contributed by atoms with E-state index in [4.69, 9.17) is 9.84 Å². The van der Waals surface area contributed by atoms with Crippen LogP contribution >= 0.6 is 0 Å². The number of nitrogens with one attached hydrogen (secondary N) is 2. The number of carboxylic acid groups (broad SMARTS) is 1. The second-order valence-corrected chi connectivity index (χ2v) is 9.29. The van der Waals surface area contributed by atoms with E-state index >= 15 is 0 Å². The van der Waals surface area contributed by atoms with Gasteiger partial charge in [-0.1, -0.05) is 74.7 Å². The number of rotatable bonds is 11. The molecule has 2 aromatic rings. The Hall–Kier alpha value is -3.35. The van der Waals surface area contributed by atoms with Crippen LogP contribution in [0.1, 0.15) is 62.5 Å². The lowest BCUT2D eigenvalue weighted by atomic mass is 9.98. The van der Waals surface area contributed by atoms with Crippen molar-refractivity contribution < 1.29 is 24.2 Å². The molecule has 0 aliphatic heterocycles. The number of carboxylic acids is 1. The highest BCUT2D eigenvalue weighted by Crippen LogP contribution is 2.44. The van der Waals surface area contributed by atoms with Crippen LogP contribution in [-0.4, -0.2) is 41.8 Å². The van der Waals surface area contributed by atoms with E-state index in [1.807, 2.05) is 31.2 Å². The van der Waals surface area contributed by atoms with Crippen LogP contribution in [0.5, 0.6) is 0 Å². The molecule has 2 aliphatic rings. The number of carbonyl (C=O) groups excluding carboxylic acids is 2. The summed E-state index contributed by atoms with van der Waals surface area (Å²) in [6.07, 6.45) is 3.15. The SMILES string of the molecule is CCC[C@H](CC(=O)O)NC(=O)C(CC1CC1)NC(=O)OCC1c2ccccc2-c2ccccc21. The number of hydrogen-bond acceptors (Lipinski definition) is 4. The molecule has 1 unspecified atom stereocenters. The van der Waals surface area contributed by atoms with Crippen LogP contribution in [0.2, 0.25) is 0 Å². The Morgan fingerprint density at radius 1 is 1.00 bits per heavy atom. The van der Waals surface area contributed by atoms with Crippen molar-refractivity contribution in [2.45, 2.75) is 63.5 Å². The molecule has 0 bridgehead atoms. The van der Waals surface area contributed by atoms with Crippen molar-refractivity contribution in [3.05, 3.63) is 59.7 Å². The van der Waals surface area contributed by atoms with Crippen LogP contribution in [0, 0.1) is 5.92 Å². The average Bonchev–Trinajstić information content (AvgIpc) is 3.57. The van der Waals surface area contributed by atoms with E-state index in [0.717, 1.165) is 41.5 Å². The molecule has 2 aliphatic carbocycles. The van der Waals surface area contributed by atoms with E-state index in [9.17, 15) is 14.4 Å². The number of hydrogen-bond donors (Lipinski definition) is 3. The molecule has 0 spiro atoms. The molecule has 7 heteroatoms. The Morgan fingerprint density at radius 3 is 2.18 bits per heavy atom. The van der Waals surface area contributed by atoms with Gasteiger partial charge in [-0.25, -0.2) is 4.79 Å². The highest BCUT2D eigenvalue weighted by atomic mass is 16.5. The molecule has 4 rings (SSSR count). The Labute approximate surface area is 199 Å². The van der Waals surface area contributed by atoms with Crippen molar-refractivity contribution in [2.24, 2.45) is 5.92 Å². The fourth-order valence-corrected chi connectivity index (χ4v) is 4.79. The monoisotopic (exact) mass is 464 g/mol. The van der Waals surface area contributed by atoms with E-state index in [1.165, 1.54) is 0 Å². The summed E-state index contributed by atoms with van der Waals surface area (Å²) in [6, 6.07) is 15.0. The maximum absolute atomic E-state index is 12.9. The summed E-state index contributed by atoms with van der Waals surface area (Å²) in [5.74, 6) is -0.964. The van der Waals surface area contributed by atoms with Gasteiger partial charge in [-0.3, -0.25) is 9.59 Å². The van der Waals surface area contributed by atoms with Crippen molar-refractivity contribution in [1.29, 1.82) is 0 Å². The molecule has 0 heterocycles. The summed E-state index contributed by atoms with van der Waals surface area (Å²) in [7, 11) is 0. The third kappa shape index (κ3) is 5.76. The van der Waals surface area contributed by atoms with E-state index in [2.05, 4.69) is 34.9 Å². The van der Waals surface area contributed by atoms with Gasteiger partial charge >= 0.3 is 12.1 Å². The van der Waals surface area contributed by atoms with Crippen molar-refractivity contribution in [2.75, 3.05) is 6.61 Å². The Bertz CT molecular complexity index is 1000. The summed E-state index contributed by atoms with van der Waals surface area (Å²) in [4.78, 5) is 36.8. The maximum atomic E-state index is 12.9. The number of amides is 2. The zero-order valence-electron chi connectivity index (χ0n) is 19.5.